The van der Waals surface area contributed by atoms with Gasteiger partial charge in [-0.2, -0.15) is 0 Å². The van der Waals surface area contributed by atoms with Gasteiger partial charge in [-0.1, -0.05) is 23.7 Å². The summed E-state index contributed by atoms with van der Waals surface area (Å²) in [6.07, 6.45) is 4.20. The monoisotopic (exact) mass is 331 g/mol. The van der Waals surface area contributed by atoms with Gasteiger partial charge in [-0.15, -0.1) is 0 Å². The molecule has 4 nitrogen and oxygen atoms in total. The van der Waals surface area contributed by atoms with Crippen molar-refractivity contribution in [3.05, 3.63) is 58.9 Å². The van der Waals surface area contributed by atoms with Gasteiger partial charge in [-0.25, -0.2) is 0 Å². The van der Waals surface area contributed by atoms with Crippen molar-refractivity contribution in [3.8, 4) is 0 Å². The number of amides is 1. The Morgan fingerprint density at radius 1 is 1.22 bits per heavy atom. The largest absolute Gasteiger partial charge is 0.383 e. The maximum absolute atomic E-state index is 12.3. The van der Waals surface area contributed by atoms with Crippen molar-refractivity contribution in [2.75, 3.05) is 25.0 Å². The molecule has 0 saturated carbocycles. The zero-order chi connectivity index (χ0) is 16.7. The van der Waals surface area contributed by atoms with E-state index in [2.05, 4.69) is 10.3 Å². The number of nitrogens with zero attached hydrogens (tertiary/aromatic N) is 2. The van der Waals surface area contributed by atoms with E-state index in [9.17, 15) is 4.79 Å². The number of pyridine rings is 1. The highest BCUT2D eigenvalue weighted by Gasteiger charge is 2.13. The molecule has 5 heteroatoms. The highest BCUT2D eigenvalue weighted by molar-refractivity contribution is 6.30. The molecule has 1 amide bonds. The number of nitrogens with one attached hydrogen (secondary N) is 1. The summed E-state index contributed by atoms with van der Waals surface area (Å²) in [5.41, 5.74) is 2.64. The summed E-state index contributed by atoms with van der Waals surface area (Å²) < 4.78 is 0. The minimum absolute atomic E-state index is 0.0148. The minimum atomic E-state index is 0.0148. The van der Waals surface area contributed by atoms with Gasteiger partial charge in [0.1, 0.15) is 0 Å². The van der Waals surface area contributed by atoms with E-state index in [-0.39, 0.29) is 5.91 Å². The molecule has 2 rings (SSSR count). The molecule has 0 aliphatic heterocycles. The number of hydrogen-bond donors (Lipinski definition) is 1. The lowest BCUT2D eigenvalue weighted by molar-refractivity contribution is 0.0772. The molecule has 0 bridgehead atoms. The maximum atomic E-state index is 12.3. The van der Waals surface area contributed by atoms with Crippen LogP contribution in [-0.4, -0.2) is 35.4 Å². The predicted octanol–water partition coefficient (Wildman–Crippen LogP) is 3.87. The third-order valence-corrected chi connectivity index (χ3v) is 3.90. The van der Waals surface area contributed by atoms with Gasteiger partial charge in [0.05, 0.1) is 11.3 Å². The Hall–Kier alpha value is -2.07. The van der Waals surface area contributed by atoms with Crippen molar-refractivity contribution < 1.29 is 4.79 Å². The molecular weight excluding hydrogens is 310 g/mol. The van der Waals surface area contributed by atoms with Gasteiger partial charge in [0, 0.05) is 37.1 Å². The van der Waals surface area contributed by atoms with Crippen molar-refractivity contribution in [2.45, 2.75) is 20.3 Å². The predicted molar refractivity (Wildman–Crippen MR) is 95.1 cm³/mol. The Kier molecular flexibility index (Phi) is 6.41. The van der Waals surface area contributed by atoms with Crippen molar-refractivity contribution in [3.63, 3.8) is 0 Å². The van der Waals surface area contributed by atoms with Crippen LogP contribution in [0, 0.1) is 0 Å². The van der Waals surface area contributed by atoms with E-state index < -0.39 is 0 Å². The molecule has 1 aromatic heterocycles. The van der Waals surface area contributed by atoms with Crippen LogP contribution in [-0.2, 0) is 6.42 Å². The molecule has 0 aliphatic carbocycles. The lowest BCUT2D eigenvalue weighted by Gasteiger charge is -2.18. The van der Waals surface area contributed by atoms with E-state index in [0.29, 0.717) is 18.7 Å². The first-order valence-corrected chi connectivity index (χ1v) is 8.24. The molecule has 0 unspecified atom stereocenters. The van der Waals surface area contributed by atoms with Gasteiger partial charge in [0.25, 0.3) is 5.91 Å². The van der Waals surface area contributed by atoms with Gasteiger partial charge >= 0.3 is 0 Å². The van der Waals surface area contributed by atoms with Crippen molar-refractivity contribution in [1.29, 1.82) is 0 Å². The zero-order valence-corrected chi connectivity index (χ0v) is 14.3. The van der Waals surface area contributed by atoms with E-state index in [1.54, 1.807) is 17.3 Å². The van der Waals surface area contributed by atoms with Gasteiger partial charge in [0.15, 0.2) is 0 Å². The van der Waals surface area contributed by atoms with E-state index in [4.69, 9.17) is 11.6 Å². The summed E-state index contributed by atoms with van der Waals surface area (Å²) in [7, 11) is 0. The number of aromatic nitrogens is 1. The average molecular weight is 332 g/mol. The second-order valence-corrected chi connectivity index (χ2v) is 5.68. The number of hydrogen-bond acceptors (Lipinski definition) is 3. The molecule has 0 radical (unpaired) electrons. The number of rotatable bonds is 7. The first-order chi connectivity index (χ1) is 11.1. The van der Waals surface area contributed by atoms with Crippen molar-refractivity contribution in [1.82, 2.24) is 9.88 Å². The van der Waals surface area contributed by atoms with Gasteiger partial charge in [-0.3, -0.25) is 9.78 Å². The highest BCUT2D eigenvalue weighted by Crippen LogP contribution is 2.13. The smallest absolute Gasteiger partial charge is 0.255 e. The van der Waals surface area contributed by atoms with Crippen LogP contribution < -0.4 is 5.32 Å². The molecular formula is C18H22ClN3O. The van der Waals surface area contributed by atoms with Crippen LogP contribution in [0.4, 0.5) is 5.69 Å². The summed E-state index contributed by atoms with van der Waals surface area (Å²) in [5.74, 6) is 0.0148. The van der Waals surface area contributed by atoms with Crippen LogP contribution in [0.1, 0.15) is 29.8 Å². The lowest BCUT2D eigenvalue weighted by atomic mass is 10.1. The topological polar surface area (TPSA) is 45.2 Å². The van der Waals surface area contributed by atoms with Gasteiger partial charge in [-0.05, 0) is 44.0 Å². The molecule has 0 aliphatic rings. The number of benzene rings is 1. The quantitative estimate of drug-likeness (QED) is 0.837. The van der Waals surface area contributed by atoms with Crippen LogP contribution >= 0.6 is 11.6 Å². The second kappa shape index (κ2) is 8.53. The van der Waals surface area contributed by atoms with Crippen LogP contribution in [0.3, 0.4) is 0 Å². The number of carbonyl (C=O) groups is 1. The average Bonchev–Trinajstić information content (AvgIpc) is 2.56. The first kappa shape index (κ1) is 17.3. The Morgan fingerprint density at radius 2 is 2.00 bits per heavy atom. The maximum Gasteiger partial charge on any atom is 0.255 e. The summed E-state index contributed by atoms with van der Waals surface area (Å²) in [6, 6.07) is 9.67. The summed E-state index contributed by atoms with van der Waals surface area (Å²) >= 11 is 5.98. The SMILES string of the molecule is CCN(CC)C(=O)c1cncc(NCCc2cccc(Cl)c2)c1. The van der Waals surface area contributed by atoms with Crippen LogP contribution in [0.5, 0.6) is 0 Å². The number of anilines is 1. The van der Waals surface area contributed by atoms with Gasteiger partial charge in [0.2, 0.25) is 0 Å². The van der Waals surface area contributed by atoms with E-state index in [1.807, 2.05) is 44.2 Å². The van der Waals surface area contributed by atoms with Crippen LogP contribution in [0.25, 0.3) is 0 Å². The summed E-state index contributed by atoms with van der Waals surface area (Å²) in [5, 5.41) is 4.05. The van der Waals surface area contributed by atoms with E-state index in [1.165, 1.54) is 5.56 Å². The molecule has 0 fully saturated rings. The minimum Gasteiger partial charge on any atom is -0.383 e. The summed E-state index contributed by atoms with van der Waals surface area (Å²) in [6.45, 7) is 6.10. The third-order valence-electron chi connectivity index (χ3n) is 3.67. The van der Waals surface area contributed by atoms with Crippen LogP contribution in [0.15, 0.2) is 42.7 Å². The Balaban J connectivity index is 1.96. The standard InChI is InChI=1S/C18H22ClN3O/c1-3-22(4-2)18(23)15-11-17(13-20-12-15)21-9-8-14-6-5-7-16(19)10-14/h5-7,10-13,21H,3-4,8-9H2,1-2H3. The van der Waals surface area contributed by atoms with E-state index in [0.717, 1.165) is 23.7 Å². The fourth-order valence-electron chi connectivity index (χ4n) is 2.39. The number of halogens is 1. The number of carbonyl (C=O) groups excluding carboxylic acids is 1. The molecule has 0 spiro atoms. The highest BCUT2D eigenvalue weighted by atomic mass is 35.5. The molecule has 0 atom stereocenters. The van der Waals surface area contributed by atoms with E-state index >= 15 is 0 Å². The lowest BCUT2D eigenvalue weighted by Crippen LogP contribution is -2.30. The molecule has 1 heterocycles. The van der Waals surface area contributed by atoms with Crippen molar-refractivity contribution >= 4 is 23.2 Å². The molecule has 0 saturated heterocycles. The molecule has 1 aromatic carbocycles. The molecule has 1 N–H and O–H groups in total. The third kappa shape index (κ3) is 4.96. The first-order valence-electron chi connectivity index (χ1n) is 7.86. The molecule has 2 aromatic rings. The van der Waals surface area contributed by atoms with Crippen molar-refractivity contribution in [2.24, 2.45) is 0 Å². The second-order valence-electron chi connectivity index (χ2n) is 5.25. The molecule has 23 heavy (non-hydrogen) atoms. The summed E-state index contributed by atoms with van der Waals surface area (Å²) in [4.78, 5) is 18.3. The fourth-order valence-corrected chi connectivity index (χ4v) is 2.60. The van der Waals surface area contributed by atoms with Crippen LogP contribution in [0.2, 0.25) is 5.02 Å². The zero-order valence-electron chi connectivity index (χ0n) is 13.6. The Bertz CT molecular complexity index is 656. The fraction of sp³-hybridized carbons (Fsp3) is 0.333. The molecule has 122 valence electrons. The Morgan fingerprint density at radius 3 is 2.70 bits per heavy atom. The normalized spacial score (nSPS) is 10.4. The van der Waals surface area contributed by atoms with Gasteiger partial charge < -0.3 is 10.2 Å². The Labute approximate surface area is 142 Å².